The van der Waals surface area contributed by atoms with Gasteiger partial charge in [-0.3, -0.25) is 4.68 Å². The largest absolute Gasteiger partial charge is 0.363 e. The van der Waals surface area contributed by atoms with Crippen molar-refractivity contribution in [2.45, 2.75) is 26.8 Å². The Bertz CT molecular complexity index is 580. The fourth-order valence-electron chi connectivity index (χ4n) is 2.46. The molecule has 128 valence electrons. The number of nitrogens with one attached hydrogen (secondary N) is 1. The molecule has 1 aromatic rings. The lowest BCUT2D eigenvalue weighted by molar-refractivity contribution is 0.455. The van der Waals surface area contributed by atoms with Gasteiger partial charge in [0.05, 0.1) is 11.4 Å². The van der Waals surface area contributed by atoms with E-state index in [1.54, 1.807) is 14.0 Å². The molecule has 1 aromatic heterocycles. The smallest absolute Gasteiger partial charge is 0.213 e. The zero-order chi connectivity index (χ0) is 16.9. The molecule has 0 aromatic carbocycles. The minimum atomic E-state index is -3.07. The van der Waals surface area contributed by atoms with Crippen molar-refractivity contribution in [2.24, 2.45) is 7.05 Å². The van der Waals surface area contributed by atoms with Gasteiger partial charge in [-0.15, -0.1) is 0 Å². The Morgan fingerprint density at radius 2 is 1.91 bits per heavy atom. The van der Waals surface area contributed by atoms with Crippen LogP contribution in [0.25, 0.3) is 0 Å². The van der Waals surface area contributed by atoms with E-state index in [0.29, 0.717) is 6.54 Å². The molecule has 0 saturated heterocycles. The van der Waals surface area contributed by atoms with Crippen molar-refractivity contribution in [3.63, 3.8) is 0 Å². The molecule has 0 aliphatic carbocycles. The molecular formula is C14H29N5O2S. The number of hydrogen-bond donors (Lipinski definition) is 1. The highest BCUT2D eigenvalue weighted by molar-refractivity contribution is 7.89. The van der Waals surface area contributed by atoms with Gasteiger partial charge >= 0.3 is 0 Å². The molecule has 0 unspecified atom stereocenters. The van der Waals surface area contributed by atoms with Gasteiger partial charge in [0.15, 0.2) is 0 Å². The lowest BCUT2D eigenvalue weighted by Crippen LogP contribution is -2.31. The normalized spacial score (nSPS) is 12.1. The SMILES string of the molecule is CCS(=O)(=O)N(C)CCCNCc1c(C)nn(C)c1N(C)C. The third-order valence-electron chi connectivity index (χ3n) is 3.70. The Morgan fingerprint density at radius 3 is 2.45 bits per heavy atom. The second kappa shape index (κ2) is 7.94. The van der Waals surface area contributed by atoms with Crippen molar-refractivity contribution in [3.8, 4) is 0 Å². The zero-order valence-corrected chi connectivity index (χ0v) is 15.4. The molecule has 0 saturated carbocycles. The molecule has 0 radical (unpaired) electrons. The van der Waals surface area contributed by atoms with Gasteiger partial charge in [0.1, 0.15) is 5.82 Å². The quantitative estimate of drug-likeness (QED) is 0.670. The van der Waals surface area contributed by atoms with E-state index < -0.39 is 10.0 Å². The second-order valence-electron chi connectivity index (χ2n) is 5.66. The molecule has 0 amide bonds. The molecule has 7 nitrogen and oxygen atoms in total. The van der Waals surface area contributed by atoms with E-state index in [-0.39, 0.29) is 5.75 Å². The highest BCUT2D eigenvalue weighted by atomic mass is 32.2. The van der Waals surface area contributed by atoms with Gasteiger partial charge in [-0.25, -0.2) is 12.7 Å². The summed E-state index contributed by atoms with van der Waals surface area (Å²) >= 11 is 0. The summed E-state index contributed by atoms with van der Waals surface area (Å²) in [5, 5.41) is 7.82. The van der Waals surface area contributed by atoms with Crippen LogP contribution in [-0.4, -0.2) is 62.5 Å². The predicted molar refractivity (Wildman–Crippen MR) is 90.7 cm³/mol. The second-order valence-corrected chi connectivity index (χ2v) is 8.02. The number of nitrogens with zero attached hydrogens (tertiary/aromatic N) is 4. The molecule has 1 heterocycles. The number of hydrogen-bond acceptors (Lipinski definition) is 5. The van der Waals surface area contributed by atoms with E-state index in [4.69, 9.17) is 0 Å². The Labute approximate surface area is 134 Å². The lowest BCUT2D eigenvalue weighted by Gasteiger charge is -2.17. The highest BCUT2D eigenvalue weighted by Gasteiger charge is 2.15. The monoisotopic (exact) mass is 331 g/mol. The molecule has 0 atom stereocenters. The first-order chi connectivity index (χ1) is 10.2. The zero-order valence-electron chi connectivity index (χ0n) is 14.5. The first-order valence-electron chi connectivity index (χ1n) is 7.55. The third-order valence-corrected chi connectivity index (χ3v) is 5.57. The van der Waals surface area contributed by atoms with Crippen LogP contribution in [0, 0.1) is 6.92 Å². The maximum absolute atomic E-state index is 11.6. The number of anilines is 1. The summed E-state index contributed by atoms with van der Waals surface area (Å²) in [7, 11) is 4.51. The van der Waals surface area contributed by atoms with Crippen molar-refractivity contribution >= 4 is 15.8 Å². The first kappa shape index (κ1) is 18.9. The Kier molecular flexibility index (Phi) is 6.83. The van der Waals surface area contributed by atoms with Gasteiger partial charge in [-0.2, -0.15) is 5.10 Å². The number of aromatic nitrogens is 2. The number of aryl methyl sites for hydroxylation is 2. The van der Waals surface area contributed by atoms with Gasteiger partial charge in [0, 0.05) is 46.8 Å². The standard InChI is InChI=1S/C14H29N5O2S/c1-7-22(20,21)18(5)10-8-9-15-11-13-12(2)16-19(6)14(13)17(3)4/h15H,7-11H2,1-6H3. The lowest BCUT2D eigenvalue weighted by atomic mass is 10.2. The fraction of sp³-hybridized carbons (Fsp3) is 0.786. The van der Waals surface area contributed by atoms with Crippen LogP contribution in [0.5, 0.6) is 0 Å². The molecule has 8 heteroatoms. The average Bonchev–Trinajstić information content (AvgIpc) is 2.72. The van der Waals surface area contributed by atoms with Gasteiger partial charge in [-0.1, -0.05) is 0 Å². The molecular weight excluding hydrogens is 302 g/mol. The summed E-state index contributed by atoms with van der Waals surface area (Å²) in [5.74, 6) is 1.24. The molecule has 1 rings (SSSR count). The van der Waals surface area contributed by atoms with Crippen LogP contribution in [0.1, 0.15) is 24.6 Å². The molecule has 22 heavy (non-hydrogen) atoms. The van der Waals surface area contributed by atoms with Crippen LogP contribution in [0.3, 0.4) is 0 Å². The van der Waals surface area contributed by atoms with Crippen molar-refractivity contribution in [3.05, 3.63) is 11.3 Å². The molecule has 0 fully saturated rings. The van der Waals surface area contributed by atoms with Crippen molar-refractivity contribution < 1.29 is 8.42 Å². The van der Waals surface area contributed by atoms with Crippen molar-refractivity contribution in [1.82, 2.24) is 19.4 Å². The van der Waals surface area contributed by atoms with Crippen LogP contribution >= 0.6 is 0 Å². The third kappa shape index (κ3) is 4.69. The minimum Gasteiger partial charge on any atom is -0.363 e. The van der Waals surface area contributed by atoms with Gasteiger partial charge in [-0.05, 0) is 26.8 Å². The minimum absolute atomic E-state index is 0.151. The van der Waals surface area contributed by atoms with E-state index >= 15 is 0 Å². The number of rotatable bonds is 9. The van der Waals surface area contributed by atoms with Gasteiger partial charge in [0.25, 0.3) is 0 Å². The molecule has 0 spiro atoms. The van der Waals surface area contributed by atoms with Crippen LogP contribution < -0.4 is 10.2 Å². The maximum atomic E-state index is 11.6. The van der Waals surface area contributed by atoms with Crippen LogP contribution in [0.15, 0.2) is 0 Å². The number of sulfonamides is 1. The van der Waals surface area contributed by atoms with E-state index in [1.807, 2.05) is 32.7 Å². The maximum Gasteiger partial charge on any atom is 0.213 e. The van der Waals surface area contributed by atoms with Crippen LogP contribution in [0.2, 0.25) is 0 Å². The van der Waals surface area contributed by atoms with E-state index in [0.717, 1.165) is 31.0 Å². The molecule has 0 aliphatic heterocycles. The van der Waals surface area contributed by atoms with E-state index in [9.17, 15) is 8.42 Å². The van der Waals surface area contributed by atoms with Gasteiger partial charge in [0.2, 0.25) is 10.0 Å². The summed E-state index contributed by atoms with van der Waals surface area (Å²) in [6.07, 6.45) is 0.784. The topological polar surface area (TPSA) is 70.5 Å². The Hall–Kier alpha value is -1.12. The summed E-state index contributed by atoms with van der Waals surface area (Å²) in [6, 6.07) is 0. The average molecular weight is 331 g/mol. The fourth-order valence-corrected chi connectivity index (χ4v) is 3.30. The first-order valence-corrected chi connectivity index (χ1v) is 9.16. The summed E-state index contributed by atoms with van der Waals surface area (Å²) < 4.78 is 26.6. The summed E-state index contributed by atoms with van der Waals surface area (Å²) in [5.41, 5.74) is 2.20. The molecule has 1 N–H and O–H groups in total. The summed E-state index contributed by atoms with van der Waals surface area (Å²) in [4.78, 5) is 2.05. The predicted octanol–water partition coefficient (Wildman–Crippen LogP) is 0.556. The Balaban J connectivity index is 2.46. The van der Waals surface area contributed by atoms with Crippen LogP contribution in [-0.2, 0) is 23.6 Å². The molecule has 0 bridgehead atoms. The van der Waals surface area contributed by atoms with E-state index in [2.05, 4.69) is 15.3 Å². The van der Waals surface area contributed by atoms with Crippen molar-refractivity contribution in [1.29, 1.82) is 0 Å². The van der Waals surface area contributed by atoms with E-state index in [1.165, 1.54) is 9.87 Å². The van der Waals surface area contributed by atoms with Crippen molar-refractivity contribution in [2.75, 3.05) is 44.9 Å². The highest BCUT2D eigenvalue weighted by Crippen LogP contribution is 2.20. The van der Waals surface area contributed by atoms with Gasteiger partial charge < -0.3 is 10.2 Å². The Morgan fingerprint density at radius 1 is 1.27 bits per heavy atom. The molecule has 0 aliphatic rings. The summed E-state index contributed by atoms with van der Waals surface area (Å²) in [6.45, 7) is 5.71. The van der Waals surface area contributed by atoms with Crippen LogP contribution in [0.4, 0.5) is 5.82 Å².